The highest BCUT2D eigenvalue weighted by molar-refractivity contribution is 7.11. The highest BCUT2D eigenvalue weighted by atomic mass is 32.1. The van der Waals surface area contributed by atoms with Crippen LogP contribution in [0.5, 0.6) is 0 Å². The predicted molar refractivity (Wildman–Crippen MR) is 29.7 cm³/mol. The second kappa shape index (κ2) is 2.05. The van der Waals surface area contributed by atoms with Crippen LogP contribution >= 0.6 is 11.3 Å². The summed E-state index contributed by atoms with van der Waals surface area (Å²) in [5.74, 6) is -0.336. The molecule has 0 fully saturated rings. The van der Waals surface area contributed by atoms with Gasteiger partial charge in [0.15, 0.2) is 6.29 Å². The summed E-state index contributed by atoms with van der Waals surface area (Å²) in [5, 5.41) is 1.30. The summed E-state index contributed by atoms with van der Waals surface area (Å²) in [6.07, 6.45) is 0.633. The van der Waals surface area contributed by atoms with E-state index in [9.17, 15) is 9.18 Å². The molecule has 0 radical (unpaired) electrons. The molecular weight excluding hydrogens is 127 g/mol. The third-order valence-corrected chi connectivity index (χ3v) is 1.53. The summed E-state index contributed by atoms with van der Waals surface area (Å²) in [4.78, 5) is 10.3. The van der Waals surface area contributed by atoms with Gasteiger partial charge in [-0.2, -0.15) is 0 Å². The Morgan fingerprint density at radius 3 is 2.75 bits per heavy atom. The fourth-order valence-electron chi connectivity index (χ4n) is 0.390. The highest BCUT2D eigenvalue weighted by Crippen LogP contribution is 2.09. The topological polar surface area (TPSA) is 17.1 Å². The molecular formula is C5H3FOS. The molecule has 0 unspecified atom stereocenters. The molecule has 1 heterocycles. The van der Waals surface area contributed by atoms with E-state index in [0.717, 1.165) is 11.3 Å². The van der Waals surface area contributed by atoms with Gasteiger partial charge in [0.25, 0.3) is 0 Å². The maximum atomic E-state index is 12.0. The molecule has 1 aromatic rings. The van der Waals surface area contributed by atoms with Crippen LogP contribution in [-0.4, -0.2) is 6.29 Å². The van der Waals surface area contributed by atoms with Crippen LogP contribution in [0.2, 0.25) is 0 Å². The van der Waals surface area contributed by atoms with Crippen LogP contribution in [0.15, 0.2) is 11.4 Å². The number of carbonyl (C=O) groups is 1. The molecule has 0 aliphatic carbocycles. The molecule has 3 heteroatoms. The Labute approximate surface area is 49.8 Å². The second-order valence-electron chi connectivity index (χ2n) is 1.29. The molecule has 0 amide bonds. The highest BCUT2D eigenvalue weighted by Gasteiger charge is 1.93. The molecule has 0 bridgehead atoms. The molecule has 1 nitrogen and oxygen atoms in total. The molecule has 1 rings (SSSR count). The maximum Gasteiger partial charge on any atom is 0.160 e. The van der Waals surface area contributed by atoms with E-state index in [2.05, 4.69) is 0 Å². The molecule has 0 saturated carbocycles. The summed E-state index contributed by atoms with van der Waals surface area (Å²) in [7, 11) is 0. The zero-order chi connectivity index (χ0) is 5.98. The Morgan fingerprint density at radius 2 is 2.50 bits per heavy atom. The molecule has 8 heavy (non-hydrogen) atoms. The second-order valence-corrected chi connectivity index (χ2v) is 2.23. The number of carbonyl (C=O) groups excluding carboxylic acids is 1. The number of hydrogen-bond donors (Lipinski definition) is 0. The van der Waals surface area contributed by atoms with Gasteiger partial charge < -0.3 is 0 Å². The fraction of sp³-hybridized carbons (Fsp3) is 0. The van der Waals surface area contributed by atoms with Crippen LogP contribution in [-0.2, 0) is 0 Å². The van der Waals surface area contributed by atoms with E-state index in [1.54, 1.807) is 0 Å². The minimum Gasteiger partial charge on any atom is -0.297 e. The molecule has 0 aliphatic heterocycles. The lowest BCUT2D eigenvalue weighted by molar-refractivity contribution is 0.112. The SMILES string of the molecule is O=Cc1cc(F)cs1. The van der Waals surface area contributed by atoms with E-state index in [1.165, 1.54) is 11.4 Å². The first-order chi connectivity index (χ1) is 3.83. The van der Waals surface area contributed by atoms with E-state index in [1.807, 2.05) is 0 Å². The first-order valence-corrected chi connectivity index (χ1v) is 2.90. The van der Waals surface area contributed by atoms with Crippen molar-refractivity contribution >= 4 is 17.6 Å². The lowest BCUT2D eigenvalue weighted by Gasteiger charge is -1.67. The van der Waals surface area contributed by atoms with Crippen LogP contribution in [0.1, 0.15) is 9.67 Å². The minimum atomic E-state index is -0.336. The first-order valence-electron chi connectivity index (χ1n) is 2.02. The van der Waals surface area contributed by atoms with Crippen molar-refractivity contribution in [2.45, 2.75) is 0 Å². The number of hydrogen-bond acceptors (Lipinski definition) is 2. The average molecular weight is 130 g/mol. The van der Waals surface area contributed by atoms with E-state index in [0.29, 0.717) is 11.2 Å². The van der Waals surface area contributed by atoms with Crippen molar-refractivity contribution in [3.63, 3.8) is 0 Å². The van der Waals surface area contributed by atoms with Gasteiger partial charge in [0.05, 0.1) is 4.88 Å². The van der Waals surface area contributed by atoms with Crippen molar-refractivity contribution in [2.75, 3.05) is 0 Å². The normalized spacial score (nSPS) is 9.12. The van der Waals surface area contributed by atoms with Crippen molar-refractivity contribution in [3.8, 4) is 0 Å². The Hall–Kier alpha value is -0.700. The van der Waals surface area contributed by atoms with Gasteiger partial charge >= 0.3 is 0 Å². The van der Waals surface area contributed by atoms with Crippen molar-refractivity contribution < 1.29 is 9.18 Å². The summed E-state index contributed by atoms with van der Waals surface area (Å²) in [6.45, 7) is 0. The van der Waals surface area contributed by atoms with Crippen LogP contribution < -0.4 is 0 Å². The van der Waals surface area contributed by atoms with Crippen molar-refractivity contribution in [3.05, 3.63) is 22.1 Å². The van der Waals surface area contributed by atoms with E-state index >= 15 is 0 Å². The zero-order valence-electron chi connectivity index (χ0n) is 3.93. The van der Waals surface area contributed by atoms with Gasteiger partial charge in [0.2, 0.25) is 0 Å². The van der Waals surface area contributed by atoms with E-state index in [4.69, 9.17) is 0 Å². The number of halogens is 1. The smallest absolute Gasteiger partial charge is 0.160 e. The average Bonchev–Trinajstić information content (AvgIpc) is 2.14. The summed E-state index contributed by atoms with van der Waals surface area (Å²) >= 11 is 1.11. The van der Waals surface area contributed by atoms with Crippen LogP contribution in [0.3, 0.4) is 0 Å². The standard InChI is InChI=1S/C5H3FOS/c6-4-1-5(2-7)8-3-4/h1-3H. The van der Waals surface area contributed by atoms with Gasteiger partial charge in [-0.1, -0.05) is 0 Å². The van der Waals surface area contributed by atoms with Crippen LogP contribution in [0.4, 0.5) is 4.39 Å². The summed E-state index contributed by atoms with van der Waals surface area (Å²) in [5.41, 5.74) is 0. The van der Waals surface area contributed by atoms with Crippen LogP contribution in [0.25, 0.3) is 0 Å². The van der Waals surface area contributed by atoms with Gasteiger partial charge in [-0.25, -0.2) is 4.39 Å². The third-order valence-electron chi connectivity index (χ3n) is 0.704. The lowest BCUT2D eigenvalue weighted by atomic mass is 10.5. The molecule has 1 aromatic heterocycles. The first kappa shape index (κ1) is 5.44. The third kappa shape index (κ3) is 0.924. The Morgan fingerprint density at radius 1 is 1.75 bits per heavy atom. The lowest BCUT2D eigenvalue weighted by Crippen LogP contribution is -1.64. The van der Waals surface area contributed by atoms with Gasteiger partial charge in [-0.05, 0) is 6.07 Å². The van der Waals surface area contributed by atoms with Crippen molar-refractivity contribution in [1.29, 1.82) is 0 Å². The molecule has 0 spiro atoms. The molecule has 0 N–H and O–H groups in total. The fourth-order valence-corrected chi connectivity index (χ4v) is 0.943. The Bertz CT molecular complexity index is 194. The molecule has 0 aliphatic rings. The van der Waals surface area contributed by atoms with Gasteiger partial charge in [0.1, 0.15) is 5.82 Å². The monoisotopic (exact) mass is 130 g/mol. The number of rotatable bonds is 1. The molecule has 0 atom stereocenters. The molecule has 0 aromatic carbocycles. The van der Waals surface area contributed by atoms with Crippen molar-refractivity contribution in [2.24, 2.45) is 0 Å². The molecule has 42 valence electrons. The van der Waals surface area contributed by atoms with Crippen LogP contribution in [0, 0.1) is 5.82 Å². The predicted octanol–water partition coefficient (Wildman–Crippen LogP) is 1.70. The quantitative estimate of drug-likeness (QED) is 0.529. The molecule has 0 saturated heterocycles. The van der Waals surface area contributed by atoms with E-state index < -0.39 is 0 Å². The minimum absolute atomic E-state index is 0.336. The van der Waals surface area contributed by atoms with Gasteiger partial charge in [-0.15, -0.1) is 11.3 Å². The summed E-state index contributed by atoms with van der Waals surface area (Å²) < 4.78 is 12.0. The Balaban J connectivity index is 3.00. The number of aldehydes is 1. The number of thiophene rings is 1. The van der Waals surface area contributed by atoms with Gasteiger partial charge in [-0.3, -0.25) is 4.79 Å². The van der Waals surface area contributed by atoms with Gasteiger partial charge in [0, 0.05) is 5.38 Å². The largest absolute Gasteiger partial charge is 0.297 e. The van der Waals surface area contributed by atoms with E-state index in [-0.39, 0.29) is 5.82 Å². The zero-order valence-corrected chi connectivity index (χ0v) is 4.74. The Kier molecular flexibility index (Phi) is 1.39. The van der Waals surface area contributed by atoms with Crippen molar-refractivity contribution in [1.82, 2.24) is 0 Å². The summed E-state index contributed by atoms with van der Waals surface area (Å²) in [6, 6.07) is 1.21. The maximum absolute atomic E-state index is 12.0.